The lowest BCUT2D eigenvalue weighted by Gasteiger charge is -2.14. The molecule has 2 aromatic carbocycles. The molecule has 0 aromatic heterocycles. The summed E-state index contributed by atoms with van der Waals surface area (Å²) in [4.78, 5) is 34.3. The van der Waals surface area contributed by atoms with Gasteiger partial charge in [0, 0.05) is 27.9 Å². The molecule has 0 aliphatic carbocycles. The number of nitrogen functional groups attached to an aromatic ring is 1. The van der Waals surface area contributed by atoms with E-state index in [1.165, 1.54) is 25.1 Å². The van der Waals surface area contributed by atoms with Crippen LogP contribution in [0.4, 0.5) is 17.1 Å². The molecule has 0 heterocycles. The number of carbonyl (C=O) groups is 2. The van der Waals surface area contributed by atoms with E-state index < -0.39 is 22.9 Å². The van der Waals surface area contributed by atoms with Crippen molar-refractivity contribution in [1.82, 2.24) is 0 Å². The number of anilines is 2. The number of rotatable bonds is 5. The number of hydrogen-bond donors (Lipinski definition) is 2. The van der Waals surface area contributed by atoms with Gasteiger partial charge >= 0.3 is 5.97 Å². The average molecular weight is 398 g/mol. The lowest BCUT2D eigenvalue weighted by molar-refractivity contribution is -0.384. The first-order valence-electron chi connectivity index (χ1n) is 7.19. The summed E-state index contributed by atoms with van der Waals surface area (Å²) in [5, 5.41) is 13.9. The molecule has 0 aliphatic rings. The summed E-state index contributed by atoms with van der Waals surface area (Å²) in [6.45, 7) is 1.36. The number of amides is 1. The zero-order valence-electron chi connectivity index (χ0n) is 13.4. The molecule has 0 radical (unpaired) electrons. The average Bonchev–Trinajstić information content (AvgIpc) is 2.53. The lowest BCUT2D eigenvalue weighted by Crippen LogP contribution is -2.30. The Balaban J connectivity index is 2.06. The molecule has 1 amide bonds. The minimum atomic E-state index is -1.16. The fourth-order valence-corrected chi connectivity index (χ4v) is 2.52. The van der Waals surface area contributed by atoms with Crippen molar-refractivity contribution in [2.75, 3.05) is 11.1 Å². The van der Waals surface area contributed by atoms with Crippen molar-refractivity contribution in [2.45, 2.75) is 13.0 Å². The van der Waals surface area contributed by atoms with E-state index in [1.54, 1.807) is 0 Å². The SMILES string of the molecule is C[C@@H](OC(=O)c1ccc([N+](=O)[O-])cc1N)C(=O)Nc1cc(Cl)cc(Cl)c1. The van der Waals surface area contributed by atoms with Crippen LogP contribution in [0.15, 0.2) is 36.4 Å². The number of nitrogens with one attached hydrogen (secondary N) is 1. The van der Waals surface area contributed by atoms with Crippen LogP contribution in [0.2, 0.25) is 10.0 Å². The monoisotopic (exact) mass is 397 g/mol. The summed E-state index contributed by atoms with van der Waals surface area (Å²) in [5.74, 6) is -1.50. The van der Waals surface area contributed by atoms with Crippen molar-refractivity contribution in [3.8, 4) is 0 Å². The Hall–Kier alpha value is -2.84. The van der Waals surface area contributed by atoms with Crippen molar-refractivity contribution in [3.05, 3.63) is 62.1 Å². The molecule has 1 atom stereocenters. The van der Waals surface area contributed by atoms with E-state index in [2.05, 4.69) is 5.32 Å². The highest BCUT2D eigenvalue weighted by Crippen LogP contribution is 2.23. The predicted molar refractivity (Wildman–Crippen MR) is 97.5 cm³/mol. The molecule has 26 heavy (non-hydrogen) atoms. The fourth-order valence-electron chi connectivity index (χ4n) is 2.00. The van der Waals surface area contributed by atoms with Crippen LogP contribution in [-0.4, -0.2) is 22.9 Å². The second kappa shape index (κ2) is 8.03. The maximum atomic E-state index is 12.1. The number of halogens is 2. The smallest absolute Gasteiger partial charge is 0.341 e. The molecule has 0 aliphatic heterocycles. The minimum Gasteiger partial charge on any atom is -0.449 e. The number of ether oxygens (including phenoxy) is 1. The van der Waals surface area contributed by atoms with Gasteiger partial charge in [0.1, 0.15) is 0 Å². The van der Waals surface area contributed by atoms with Crippen LogP contribution in [0.25, 0.3) is 0 Å². The van der Waals surface area contributed by atoms with Crippen molar-refractivity contribution < 1.29 is 19.2 Å². The molecular formula is C16H13Cl2N3O5. The maximum absolute atomic E-state index is 12.1. The molecule has 0 fully saturated rings. The topological polar surface area (TPSA) is 125 Å². The van der Waals surface area contributed by atoms with Crippen LogP contribution >= 0.6 is 23.2 Å². The zero-order chi connectivity index (χ0) is 19.4. The maximum Gasteiger partial charge on any atom is 0.341 e. The van der Waals surface area contributed by atoms with Gasteiger partial charge in [-0.3, -0.25) is 14.9 Å². The van der Waals surface area contributed by atoms with Gasteiger partial charge in [0.2, 0.25) is 0 Å². The van der Waals surface area contributed by atoms with E-state index in [9.17, 15) is 19.7 Å². The van der Waals surface area contributed by atoms with Gasteiger partial charge in [0.15, 0.2) is 6.10 Å². The predicted octanol–water partition coefficient (Wildman–Crippen LogP) is 3.67. The van der Waals surface area contributed by atoms with E-state index in [0.717, 1.165) is 18.2 Å². The first-order valence-corrected chi connectivity index (χ1v) is 7.95. The van der Waals surface area contributed by atoms with E-state index in [1.807, 2.05) is 0 Å². The molecule has 0 saturated heterocycles. The fraction of sp³-hybridized carbons (Fsp3) is 0.125. The number of nitrogens with zero attached hydrogens (tertiary/aromatic N) is 1. The largest absolute Gasteiger partial charge is 0.449 e. The van der Waals surface area contributed by atoms with Crippen molar-refractivity contribution in [3.63, 3.8) is 0 Å². The van der Waals surface area contributed by atoms with Gasteiger partial charge in [-0.2, -0.15) is 0 Å². The number of esters is 1. The zero-order valence-corrected chi connectivity index (χ0v) is 14.9. The Morgan fingerprint density at radius 1 is 1.19 bits per heavy atom. The number of nitro benzene ring substituents is 1. The Labute approximate surface area is 158 Å². The third kappa shape index (κ3) is 4.84. The molecule has 8 nitrogen and oxygen atoms in total. The molecule has 2 aromatic rings. The third-order valence-electron chi connectivity index (χ3n) is 3.25. The van der Waals surface area contributed by atoms with Crippen LogP contribution in [0.1, 0.15) is 17.3 Å². The quantitative estimate of drug-likeness (QED) is 0.343. The number of nitrogens with two attached hydrogens (primary N) is 1. The summed E-state index contributed by atoms with van der Waals surface area (Å²) in [6, 6.07) is 7.78. The summed E-state index contributed by atoms with van der Waals surface area (Å²) >= 11 is 11.7. The summed E-state index contributed by atoms with van der Waals surface area (Å²) in [6.07, 6.45) is -1.16. The third-order valence-corrected chi connectivity index (χ3v) is 3.69. The molecule has 0 saturated carbocycles. The normalized spacial score (nSPS) is 11.5. The Morgan fingerprint density at radius 2 is 1.81 bits per heavy atom. The van der Waals surface area contributed by atoms with Crippen molar-refractivity contribution >= 4 is 52.1 Å². The second-order valence-corrected chi connectivity index (χ2v) is 6.10. The Morgan fingerprint density at radius 3 is 2.35 bits per heavy atom. The Kier molecular flexibility index (Phi) is 6.01. The number of nitro groups is 1. The molecule has 0 bridgehead atoms. The van der Waals surface area contributed by atoms with Gasteiger partial charge in [0.05, 0.1) is 16.2 Å². The van der Waals surface area contributed by atoms with Crippen LogP contribution in [0.3, 0.4) is 0 Å². The first kappa shape index (κ1) is 19.5. The summed E-state index contributed by atoms with van der Waals surface area (Å²) < 4.78 is 5.05. The molecule has 3 N–H and O–H groups in total. The summed E-state index contributed by atoms with van der Waals surface area (Å²) in [7, 11) is 0. The number of non-ortho nitro benzene ring substituents is 1. The number of benzene rings is 2. The minimum absolute atomic E-state index is 0.0824. The second-order valence-electron chi connectivity index (χ2n) is 5.22. The van der Waals surface area contributed by atoms with Gasteiger partial charge < -0.3 is 15.8 Å². The molecular weight excluding hydrogens is 385 g/mol. The number of carbonyl (C=O) groups excluding carboxylic acids is 2. The van der Waals surface area contributed by atoms with Crippen LogP contribution < -0.4 is 11.1 Å². The summed E-state index contributed by atoms with van der Waals surface area (Å²) in [5.41, 5.74) is 5.50. The van der Waals surface area contributed by atoms with Crippen LogP contribution in [0, 0.1) is 10.1 Å². The highest BCUT2D eigenvalue weighted by atomic mass is 35.5. The standard InChI is InChI=1S/C16H13Cl2N3O5/c1-8(15(22)20-11-5-9(17)4-10(18)6-11)26-16(23)13-3-2-12(21(24)25)7-14(13)19/h2-8H,19H2,1H3,(H,20,22)/t8-/m1/s1. The molecule has 0 unspecified atom stereocenters. The highest BCUT2D eigenvalue weighted by molar-refractivity contribution is 6.35. The van der Waals surface area contributed by atoms with E-state index >= 15 is 0 Å². The molecule has 0 spiro atoms. The van der Waals surface area contributed by atoms with Crippen LogP contribution in [0.5, 0.6) is 0 Å². The van der Waals surface area contributed by atoms with Gasteiger partial charge in [-0.15, -0.1) is 0 Å². The van der Waals surface area contributed by atoms with Gasteiger partial charge in [-0.25, -0.2) is 4.79 Å². The molecule has 136 valence electrons. The van der Waals surface area contributed by atoms with Crippen molar-refractivity contribution in [2.24, 2.45) is 0 Å². The molecule has 2 rings (SSSR count). The molecule has 10 heteroatoms. The van der Waals surface area contributed by atoms with Gasteiger partial charge in [-0.1, -0.05) is 23.2 Å². The number of hydrogen-bond acceptors (Lipinski definition) is 6. The highest BCUT2D eigenvalue weighted by Gasteiger charge is 2.22. The van der Waals surface area contributed by atoms with Crippen molar-refractivity contribution in [1.29, 1.82) is 0 Å². The van der Waals surface area contributed by atoms with E-state index in [0.29, 0.717) is 15.7 Å². The van der Waals surface area contributed by atoms with E-state index in [-0.39, 0.29) is 16.9 Å². The Bertz CT molecular complexity index is 868. The van der Waals surface area contributed by atoms with Gasteiger partial charge in [-0.05, 0) is 31.2 Å². The van der Waals surface area contributed by atoms with Gasteiger partial charge in [0.25, 0.3) is 11.6 Å². The van der Waals surface area contributed by atoms with E-state index in [4.69, 9.17) is 33.7 Å². The first-order chi connectivity index (χ1) is 12.2. The van der Waals surface area contributed by atoms with Crippen LogP contribution in [-0.2, 0) is 9.53 Å². The lowest BCUT2D eigenvalue weighted by atomic mass is 10.1.